The van der Waals surface area contributed by atoms with E-state index in [0.29, 0.717) is 12.2 Å². The van der Waals surface area contributed by atoms with Crippen LogP contribution in [-0.2, 0) is 17.7 Å². The Morgan fingerprint density at radius 2 is 2.20 bits per heavy atom. The topological polar surface area (TPSA) is 72.8 Å². The van der Waals surface area contributed by atoms with Gasteiger partial charge < -0.3 is 20.2 Å². The van der Waals surface area contributed by atoms with Crippen LogP contribution in [0.3, 0.4) is 0 Å². The number of ether oxygens (including phenoxy) is 1. The van der Waals surface area contributed by atoms with E-state index < -0.39 is 0 Å². The van der Waals surface area contributed by atoms with Crippen molar-refractivity contribution in [2.45, 2.75) is 19.1 Å². The van der Waals surface area contributed by atoms with Crippen LogP contribution in [0.2, 0.25) is 0 Å². The minimum absolute atomic E-state index is 0.00223. The van der Waals surface area contributed by atoms with Crippen molar-refractivity contribution in [1.82, 2.24) is 4.57 Å². The summed E-state index contributed by atoms with van der Waals surface area (Å²) < 4.78 is 7.83. The fourth-order valence-corrected chi connectivity index (χ4v) is 2.66. The van der Waals surface area contributed by atoms with Crippen molar-refractivity contribution in [3.8, 4) is 0 Å². The van der Waals surface area contributed by atoms with Gasteiger partial charge in [0.15, 0.2) is 5.84 Å². The van der Waals surface area contributed by atoms with E-state index in [1.54, 1.807) is 0 Å². The number of hydrogen-bond donors (Lipinski definition) is 2. The highest BCUT2D eigenvalue weighted by atomic mass is 16.5. The lowest BCUT2D eigenvalue weighted by molar-refractivity contribution is 0.0306. The molecular weight excluding hydrogens is 254 g/mol. The molecule has 1 aliphatic heterocycles. The van der Waals surface area contributed by atoms with Gasteiger partial charge in [-0.3, -0.25) is 0 Å². The largest absolute Gasteiger partial charge is 0.409 e. The Morgan fingerprint density at radius 1 is 1.35 bits per heavy atom. The van der Waals surface area contributed by atoms with Gasteiger partial charge in [0.25, 0.3) is 0 Å². The van der Waals surface area contributed by atoms with Crippen molar-refractivity contribution in [3.05, 3.63) is 59.4 Å². The lowest BCUT2D eigenvalue weighted by atomic mass is 9.97. The lowest BCUT2D eigenvalue weighted by Gasteiger charge is -2.27. The van der Waals surface area contributed by atoms with E-state index in [0.717, 1.165) is 13.0 Å². The quantitative estimate of drug-likeness (QED) is 0.387. The maximum atomic E-state index is 8.81. The normalized spacial score (nSPS) is 18.8. The van der Waals surface area contributed by atoms with Gasteiger partial charge in [-0.15, -0.1) is 0 Å². The number of hydrogen-bond acceptors (Lipinski definition) is 3. The molecule has 1 aromatic carbocycles. The molecule has 104 valence electrons. The first-order valence-electron chi connectivity index (χ1n) is 6.62. The standard InChI is InChI=1S/C15H17N3O2/c16-15(17-19)13-6-3-8-18(13)10-14-12-5-2-1-4-11(12)7-9-20-14/h1-6,8,14,19H,7,9-10H2,(H2,16,17). The molecule has 5 nitrogen and oxygen atoms in total. The van der Waals surface area contributed by atoms with Crippen LogP contribution in [0.4, 0.5) is 0 Å². The van der Waals surface area contributed by atoms with Gasteiger partial charge in [-0.05, 0) is 29.7 Å². The van der Waals surface area contributed by atoms with Crippen LogP contribution < -0.4 is 5.73 Å². The van der Waals surface area contributed by atoms with Crippen LogP contribution in [0.5, 0.6) is 0 Å². The summed E-state index contributed by atoms with van der Waals surface area (Å²) in [5.74, 6) is 0.110. The van der Waals surface area contributed by atoms with Crippen LogP contribution >= 0.6 is 0 Å². The third kappa shape index (κ3) is 2.28. The molecule has 0 saturated carbocycles. The second-order valence-electron chi connectivity index (χ2n) is 4.84. The van der Waals surface area contributed by atoms with E-state index in [4.69, 9.17) is 15.7 Å². The van der Waals surface area contributed by atoms with Crippen molar-refractivity contribution in [2.24, 2.45) is 10.9 Å². The molecular formula is C15H17N3O2. The van der Waals surface area contributed by atoms with E-state index in [-0.39, 0.29) is 11.9 Å². The van der Waals surface area contributed by atoms with Gasteiger partial charge in [0.1, 0.15) is 6.10 Å². The summed E-state index contributed by atoms with van der Waals surface area (Å²) >= 11 is 0. The number of rotatable bonds is 3. The average Bonchev–Trinajstić information content (AvgIpc) is 2.95. The van der Waals surface area contributed by atoms with Gasteiger partial charge >= 0.3 is 0 Å². The molecule has 0 amide bonds. The van der Waals surface area contributed by atoms with Gasteiger partial charge in [-0.1, -0.05) is 29.4 Å². The zero-order chi connectivity index (χ0) is 13.9. The maximum Gasteiger partial charge on any atom is 0.186 e. The molecule has 3 rings (SSSR count). The molecule has 0 fully saturated rings. The van der Waals surface area contributed by atoms with Crippen LogP contribution in [0, 0.1) is 0 Å². The molecule has 20 heavy (non-hydrogen) atoms. The predicted octanol–water partition coefficient (Wildman–Crippen LogP) is 1.90. The molecule has 5 heteroatoms. The van der Waals surface area contributed by atoms with Crippen molar-refractivity contribution >= 4 is 5.84 Å². The molecule has 0 saturated heterocycles. The maximum absolute atomic E-state index is 8.81. The van der Waals surface area contributed by atoms with Gasteiger partial charge in [0, 0.05) is 6.20 Å². The Balaban J connectivity index is 1.88. The first-order chi connectivity index (χ1) is 9.79. The van der Waals surface area contributed by atoms with Crippen molar-refractivity contribution in [2.75, 3.05) is 6.61 Å². The third-order valence-electron chi connectivity index (χ3n) is 3.65. The highest BCUT2D eigenvalue weighted by Crippen LogP contribution is 2.28. The Hall–Kier alpha value is -2.27. The van der Waals surface area contributed by atoms with Crippen molar-refractivity contribution < 1.29 is 9.94 Å². The number of nitrogens with zero attached hydrogens (tertiary/aromatic N) is 2. The summed E-state index contributed by atoms with van der Waals surface area (Å²) in [5.41, 5.74) is 8.93. The fraction of sp³-hybridized carbons (Fsp3) is 0.267. The molecule has 2 aromatic rings. The second kappa shape index (κ2) is 5.38. The van der Waals surface area contributed by atoms with Crippen LogP contribution in [0.25, 0.3) is 0 Å². The Labute approximate surface area is 117 Å². The fourth-order valence-electron chi connectivity index (χ4n) is 2.66. The van der Waals surface area contributed by atoms with Crippen LogP contribution in [0.1, 0.15) is 22.9 Å². The zero-order valence-corrected chi connectivity index (χ0v) is 11.1. The highest BCUT2D eigenvalue weighted by molar-refractivity contribution is 5.95. The summed E-state index contributed by atoms with van der Waals surface area (Å²) in [5, 5.41) is 11.9. The second-order valence-corrected chi connectivity index (χ2v) is 4.84. The highest BCUT2D eigenvalue weighted by Gasteiger charge is 2.21. The van der Waals surface area contributed by atoms with Gasteiger partial charge in [0.2, 0.25) is 0 Å². The number of fused-ring (bicyclic) bond motifs is 1. The molecule has 1 aromatic heterocycles. The van der Waals surface area contributed by atoms with Crippen LogP contribution in [-0.4, -0.2) is 22.2 Å². The molecule has 1 unspecified atom stereocenters. The molecule has 0 spiro atoms. The summed E-state index contributed by atoms with van der Waals surface area (Å²) in [4.78, 5) is 0. The van der Waals surface area contributed by atoms with E-state index >= 15 is 0 Å². The van der Waals surface area contributed by atoms with E-state index in [1.807, 2.05) is 29.0 Å². The minimum Gasteiger partial charge on any atom is -0.409 e. The summed E-state index contributed by atoms with van der Waals surface area (Å²) in [6.45, 7) is 1.37. The van der Waals surface area contributed by atoms with Crippen molar-refractivity contribution in [1.29, 1.82) is 0 Å². The van der Waals surface area contributed by atoms with Crippen molar-refractivity contribution in [3.63, 3.8) is 0 Å². The number of oxime groups is 1. The number of nitrogens with two attached hydrogens (primary N) is 1. The number of amidine groups is 1. The Bertz CT molecular complexity index is 634. The molecule has 2 heterocycles. The SMILES string of the molecule is N/C(=N/O)c1cccn1CC1OCCc2ccccc21. The monoisotopic (exact) mass is 271 g/mol. The molecule has 0 radical (unpaired) electrons. The van der Waals surface area contributed by atoms with E-state index in [2.05, 4.69) is 23.4 Å². The third-order valence-corrected chi connectivity index (χ3v) is 3.65. The lowest BCUT2D eigenvalue weighted by Crippen LogP contribution is -2.24. The minimum atomic E-state index is -0.00223. The number of benzene rings is 1. The average molecular weight is 271 g/mol. The van der Waals surface area contributed by atoms with Crippen LogP contribution in [0.15, 0.2) is 47.8 Å². The van der Waals surface area contributed by atoms with Gasteiger partial charge in [0.05, 0.1) is 18.8 Å². The smallest absolute Gasteiger partial charge is 0.186 e. The molecule has 1 atom stereocenters. The Kier molecular flexibility index (Phi) is 3.43. The zero-order valence-electron chi connectivity index (χ0n) is 11.1. The molecule has 1 aliphatic rings. The van der Waals surface area contributed by atoms with E-state index in [9.17, 15) is 0 Å². The first-order valence-corrected chi connectivity index (χ1v) is 6.62. The summed E-state index contributed by atoms with van der Waals surface area (Å²) in [7, 11) is 0. The molecule has 0 aliphatic carbocycles. The summed E-state index contributed by atoms with van der Waals surface area (Å²) in [6, 6.07) is 12.0. The van der Waals surface area contributed by atoms with Gasteiger partial charge in [-0.25, -0.2) is 0 Å². The van der Waals surface area contributed by atoms with Gasteiger partial charge in [-0.2, -0.15) is 0 Å². The Morgan fingerprint density at radius 3 is 3.05 bits per heavy atom. The summed E-state index contributed by atoms with van der Waals surface area (Å²) in [6.07, 6.45) is 2.86. The molecule has 3 N–H and O–H groups in total. The molecule has 0 bridgehead atoms. The number of aromatic nitrogens is 1. The predicted molar refractivity (Wildman–Crippen MR) is 75.8 cm³/mol. The first kappa shape index (κ1) is 12.7. The van der Waals surface area contributed by atoms with E-state index in [1.165, 1.54) is 11.1 Å².